The Hall–Kier alpha value is -2.61. The first-order valence-corrected chi connectivity index (χ1v) is 13.0. The van der Waals surface area contributed by atoms with E-state index in [0.717, 1.165) is 17.5 Å². The second-order valence-corrected chi connectivity index (χ2v) is 9.03. The number of benzene rings is 2. The van der Waals surface area contributed by atoms with Gasteiger partial charge in [0.1, 0.15) is 12.4 Å². The van der Waals surface area contributed by atoms with Gasteiger partial charge in [-0.15, -0.1) is 0 Å². The summed E-state index contributed by atoms with van der Waals surface area (Å²) in [6.45, 7) is 7.61. The van der Waals surface area contributed by atoms with Gasteiger partial charge in [0.05, 0.1) is 18.0 Å². The SMILES string of the molecule is CC.CCCN(Cc1ccc(OCCN2C(=O)CCC2=O)c(Cl)c1)C(CC(=O)O)c1ccc(Cl)cc1. The van der Waals surface area contributed by atoms with E-state index in [1.807, 2.05) is 39.0 Å². The van der Waals surface area contributed by atoms with Crippen LogP contribution >= 0.6 is 23.2 Å². The Kier molecular flexibility index (Phi) is 12.2. The molecule has 1 atom stereocenters. The lowest BCUT2D eigenvalue weighted by Crippen LogP contribution is -2.33. The molecule has 1 heterocycles. The molecule has 0 spiro atoms. The molecule has 1 saturated heterocycles. The van der Waals surface area contributed by atoms with Crippen LogP contribution in [0.3, 0.4) is 0 Å². The predicted molar refractivity (Wildman–Crippen MR) is 141 cm³/mol. The van der Waals surface area contributed by atoms with Gasteiger partial charge in [0.2, 0.25) is 11.8 Å². The Labute approximate surface area is 222 Å². The molecule has 7 nitrogen and oxygen atoms in total. The Morgan fingerprint density at radius 1 is 1.08 bits per heavy atom. The molecule has 1 fully saturated rings. The summed E-state index contributed by atoms with van der Waals surface area (Å²) in [7, 11) is 0. The second-order valence-electron chi connectivity index (χ2n) is 8.19. The van der Waals surface area contributed by atoms with Gasteiger partial charge in [0.25, 0.3) is 0 Å². The van der Waals surface area contributed by atoms with Gasteiger partial charge in [-0.25, -0.2) is 0 Å². The number of ether oxygens (including phenoxy) is 1. The molecule has 2 aromatic carbocycles. The predicted octanol–water partition coefficient (Wildman–Crippen LogP) is 5.98. The second kappa shape index (κ2) is 14.8. The Morgan fingerprint density at radius 3 is 2.28 bits per heavy atom. The average molecular weight is 537 g/mol. The molecule has 36 heavy (non-hydrogen) atoms. The molecule has 1 N–H and O–H groups in total. The number of carboxylic acid groups (broad SMARTS) is 1. The van der Waals surface area contributed by atoms with Crippen LogP contribution in [0, 0.1) is 0 Å². The van der Waals surface area contributed by atoms with Gasteiger partial charge in [0, 0.05) is 30.5 Å². The molecule has 3 rings (SSSR count). The Balaban J connectivity index is 0.00000222. The first-order chi connectivity index (χ1) is 17.3. The van der Waals surface area contributed by atoms with Crippen LogP contribution in [0.2, 0.25) is 10.0 Å². The fraction of sp³-hybridized carbons (Fsp3) is 0.444. The van der Waals surface area contributed by atoms with Crippen molar-refractivity contribution in [2.45, 2.75) is 59.0 Å². The minimum Gasteiger partial charge on any atom is -0.490 e. The highest BCUT2D eigenvalue weighted by Crippen LogP contribution is 2.30. The van der Waals surface area contributed by atoms with E-state index in [4.69, 9.17) is 27.9 Å². The number of carboxylic acids is 1. The molecule has 0 radical (unpaired) electrons. The highest BCUT2D eigenvalue weighted by atomic mass is 35.5. The van der Waals surface area contributed by atoms with Crippen molar-refractivity contribution in [2.24, 2.45) is 0 Å². The van der Waals surface area contributed by atoms with E-state index in [9.17, 15) is 19.5 Å². The highest BCUT2D eigenvalue weighted by molar-refractivity contribution is 6.32. The molecule has 0 aliphatic carbocycles. The molecule has 0 aromatic heterocycles. The van der Waals surface area contributed by atoms with E-state index >= 15 is 0 Å². The summed E-state index contributed by atoms with van der Waals surface area (Å²) in [5.41, 5.74) is 1.80. The maximum absolute atomic E-state index is 11.7. The summed E-state index contributed by atoms with van der Waals surface area (Å²) in [6, 6.07) is 12.4. The number of halogens is 2. The smallest absolute Gasteiger partial charge is 0.305 e. The summed E-state index contributed by atoms with van der Waals surface area (Å²) in [4.78, 5) is 38.4. The molecule has 1 aliphatic rings. The number of aliphatic carboxylic acids is 1. The number of carbonyl (C=O) groups is 3. The average Bonchev–Trinajstić information content (AvgIpc) is 3.17. The van der Waals surface area contributed by atoms with Gasteiger partial charge < -0.3 is 9.84 Å². The first kappa shape index (κ1) is 29.6. The molecular formula is C27H34Cl2N2O5. The van der Waals surface area contributed by atoms with Crippen LogP contribution in [0.15, 0.2) is 42.5 Å². The lowest BCUT2D eigenvalue weighted by atomic mass is 10.0. The molecule has 0 saturated carbocycles. The zero-order valence-corrected chi connectivity index (χ0v) is 22.5. The van der Waals surface area contributed by atoms with Crippen LogP contribution in [-0.4, -0.2) is 52.4 Å². The number of nitrogens with zero attached hydrogens (tertiary/aromatic N) is 2. The monoisotopic (exact) mass is 536 g/mol. The van der Waals surface area contributed by atoms with Crippen molar-refractivity contribution < 1.29 is 24.2 Å². The van der Waals surface area contributed by atoms with Crippen LogP contribution < -0.4 is 4.74 Å². The summed E-state index contributed by atoms with van der Waals surface area (Å²) < 4.78 is 5.70. The van der Waals surface area contributed by atoms with Crippen LogP contribution in [-0.2, 0) is 20.9 Å². The summed E-state index contributed by atoms with van der Waals surface area (Å²) >= 11 is 12.5. The maximum Gasteiger partial charge on any atom is 0.305 e. The van der Waals surface area contributed by atoms with Gasteiger partial charge >= 0.3 is 5.97 Å². The van der Waals surface area contributed by atoms with E-state index < -0.39 is 5.97 Å². The molecule has 2 amide bonds. The van der Waals surface area contributed by atoms with E-state index in [2.05, 4.69) is 4.90 Å². The summed E-state index contributed by atoms with van der Waals surface area (Å²) in [5.74, 6) is -0.769. The van der Waals surface area contributed by atoms with Crippen molar-refractivity contribution in [1.82, 2.24) is 9.80 Å². The van der Waals surface area contributed by atoms with Crippen LogP contribution in [0.1, 0.15) is 63.6 Å². The van der Waals surface area contributed by atoms with Crippen molar-refractivity contribution in [2.75, 3.05) is 19.7 Å². The zero-order chi connectivity index (χ0) is 26.7. The van der Waals surface area contributed by atoms with Crippen LogP contribution in [0.5, 0.6) is 5.75 Å². The Morgan fingerprint density at radius 2 is 1.72 bits per heavy atom. The van der Waals surface area contributed by atoms with Crippen molar-refractivity contribution >= 4 is 41.0 Å². The van der Waals surface area contributed by atoms with Crippen molar-refractivity contribution in [3.63, 3.8) is 0 Å². The third-order valence-electron chi connectivity index (χ3n) is 5.68. The Bertz CT molecular complexity index is 1010. The normalized spacial score (nSPS) is 14.0. The summed E-state index contributed by atoms with van der Waals surface area (Å²) in [6.07, 6.45) is 1.32. The third kappa shape index (κ3) is 8.50. The van der Waals surface area contributed by atoms with E-state index in [-0.39, 0.29) is 50.3 Å². The number of hydrogen-bond acceptors (Lipinski definition) is 5. The molecule has 9 heteroatoms. The molecule has 1 aliphatic heterocycles. The van der Waals surface area contributed by atoms with Gasteiger partial charge in [-0.2, -0.15) is 0 Å². The van der Waals surface area contributed by atoms with Crippen molar-refractivity contribution in [1.29, 1.82) is 0 Å². The minimum atomic E-state index is -0.877. The lowest BCUT2D eigenvalue weighted by Gasteiger charge is -2.31. The standard InChI is InChI=1S/C25H28Cl2N2O5.C2H6/c1-2-11-28(21(15-25(32)33)18-4-6-19(26)7-5-18)16-17-3-8-22(20(27)14-17)34-13-12-29-23(30)9-10-24(29)31;1-2/h3-8,14,21H,2,9-13,15-16H2,1H3,(H,32,33);1-2H3. The van der Waals surface area contributed by atoms with Crippen LogP contribution in [0.4, 0.5) is 0 Å². The summed E-state index contributed by atoms with van der Waals surface area (Å²) in [5, 5.41) is 10.5. The highest BCUT2D eigenvalue weighted by Gasteiger charge is 2.28. The van der Waals surface area contributed by atoms with Gasteiger partial charge in [-0.05, 0) is 48.4 Å². The number of rotatable bonds is 12. The van der Waals surface area contributed by atoms with Crippen LogP contribution in [0.25, 0.3) is 0 Å². The van der Waals surface area contributed by atoms with Gasteiger partial charge in [-0.3, -0.25) is 24.2 Å². The minimum absolute atomic E-state index is 0.0372. The molecule has 2 aromatic rings. The fourth-order valence-corrected chi connectivity index (χ4v) is 4.44. The first-order valence-electron chi connectivity index (χ1n) is 12.2. The number of carbonyl (C=O) groups excluding carboxylic acids is 2. The number of imide groups is 1. The fourth-order valence-electron chi connectivity index (χ4n) is 4.05. The van der Waals surface area contributed by atoms with E-state index in [0.29, 0.717) is 28.9 Å². The molecule has 196 valence electrons. The lowest BCUT2D eigenvalue weighted by molar-refractivity contribution is -0.140. The maximum atomic E-state index is 11.7. The number of hydrogen-bond donors (Lipinski definition) is 1. The quantitative estimate of drug-likeness (QED) is 0.336. The van der Waals surface area contributed by atoms with Gasteiger partial charge in [0.15, 0.2) is 0 Å². The van der Waals surface area contributed by atoms with E-state index in [1.54, 1.807) is 24.3 Å². The molecule has 1 unspecified atom stereocenters. The largest absolute Gasteiger partial charge is 0.490 e. The van der Waals surface area contributed by atoms with Crippen molar-refractivity contribution in [3.8, 4) is 5.75 Å². The zero-order valence-electron chi connectivity index (χ0n) is 21.0. The topological polar surface area (TPSA) is 87.2 Å². The third-order valence-corrected chi connectivity index (χ3v) is 6.23. The molecular weight excluding hydrogens is 503 g/mol. The van der Waals surface area contributed by atoms with E-state index in [1.165, 1.54) is 4.90 Å². The van der Waals surface area contributed by atoms with Gasteiger partial charge in [-0.1, -0.05) is 62.2 Å². The van der Waals surface area contributed by atoms with Crippen molar-refractivity contribution in [3.05, 3.63) is 63.6 Å². The number of amides is 2. The molecule has 0 bridgehead atoms. The number of likely N-dealkylation sites (tertiary alicyclic amines) is 1.